The number of benzene rings is 1. The van der Waals surface area contributed by atoms with Crippen LogP contribution in [0.2, 0.25) is 0 Å². The van der Waals surface area contributed by atoms with E-state index < -0.39 is 0 Å². The molecular formula is C14H13N3. The van der Waals surface area contributed by atoms with E-state index in [0.717, 1.165) is 28.8 Å². The number of nitriles is 1. The fourth-order valence-electron chi connectivity index (χ4n) is 1.71. The number of aryl methyl sites for hydroxylation is 1. The number of anilines is 1. The van der Waals surface area contributed by atoms with Crippen molar-refractivity contribution in [2.24, 2.45) is 0 Å². The van der Waals surface area contributed by atoms with Crippen LogP contribution < -0.4 is 5.73 Å². The van der Waals surface area contributed by atoms with Crippen LogP contribution >= 0.6 is 0 Å². The summed E-state index contributed by atoms with van der Waals surface area (Å²) in [5.41, 5.74) is 9.95. The van der Waals surface area contributed by atoms with Gasteiger partial charge in [-0.25, -0.2) is 4.98 Å². The summed E-state index contributed by atoms with van der Waals surface area (Å²) in [7, 11) is 0. The molecule has 0 aliphatic rings. The molecule has 0 aliphatic heterocycles. The molecule has 0 radical (unpaired) electrons. The molecule has 1 aromatic heterocycles. The smallest absolute Gasteiger partial charge is 0.143 e. The number of nitrogen functional groups attached to an aromatic ring is 1. The molecule has 0 saturated carbocycles. The van der Waals surface area contributed by atoms with Gasteiger partial charge in [0.1, 0.15) is 11.8 Å². The topological polar surface area (TPSA) is 62.7 Å². The zero-order valence-electron chi connectivity index (χ0n) is 9.64. The van der Waals surface area contributed by atoms with E-state index >= 15 is 0 Å². The number of hydrogen-bond acceptors (Lipinski definition) is 3. The number of rotatable bonds is 2. The molecule has 0 fully saturated rings. The Bertz CT molecular complexity index is 565. The van der Waals surface area contributed by atoms with Crippen molar-refractivity contribution in [3.63, 3.8) is 0 Å². The third-order valence-electron chi connectivity index (χ3n) is 2.70. The molecule has 84 valence electrons. The number of aromatic nitrogens is 1. The molecule has 17 heavy (non-hydrogen) atoms. The molecule has 3 nitrogen and oxygen atoms in total. The quantitative estimate of drug-likeness (QED) is 0.796. The Morgan fingerprint density at radius 3 is 2.53 bits per heavy atom. The van der Waals surface area contributed by atoms with E-state index in [-0.39, 0.29) is 0 Å². The third-order valence-corrected chi connectivity index (χ3v) is 2.70. The molecule has 0 bridgehead atoms. The summed E-state index contributed by atoms with van der Waals surface area (Å²) in [5.74, 6) is 0. The van der Waals surface area contributed by atoms with E-state index in [1.54, 1.807) is 6.20 Å². The lowest BCUT2D eigenvalue weighted by atomic mass is 10.0. The summed E-state index contributed by atoms with van der Waals surface area (Å²) in [4.78, 5) is 4.17. The van der Waals surface area contributed by atoms with Crippen molar-refractivity contribution in [1.82, 2.24) is 4.98 Å². The van der Waals surface area contributed by atoms with Crippen LogP contribution in [-0.2, 0) is 6.42 Å². The Morgan fingerprint density at radius 2 is 1.94 bits per heavy atom. The molecule has 0 unspecified atom stereocenters. The zero-order valence-corrected chi connectivity index (χ0v) is 9.64. The highest BCUT2D eigenvalue weighted by molar-refractivity contribution is 5.66. The molecule has 1 heterocycles. The molecule has 0 spiro atoms. The Morgan fingerprint density at radius 1 is 1.24 bits per heavy atom. The summed E-state index contributed by atoms with van der Waals surface area (Å²) >= 11 is 0. The molecule has 2 rings (SSSR count). The van der Waals surface area contributed by atoms with Gasteiger partial charge < -0.3 is 5.73 Å². The third kappa shape index (κ3) is 2.26. The van der Waals surface area contributed by atoms with Crippen molar-refractivity contribution in [2.45, 2.75) is 13.3 Å². The summed E-state index contributed by atoms with van der Waals surface area (Å²) in [5, 5.41) is 8.92. The first kappa shape index (κ1) is 11.2. The van der Waals surface area contributed by atoms with Crippen molar-refractivity contribution in [1.29, 1.82) is 5.26 Å². The van der Waals surface area contributed by atoms with Crippen LogP contribution in [0.4, 0.5) is 5.69 Å². The van der Waals surface area contributed by atoms with Crippen molar-refractivity contribution < 1.29 is 0 Å². The summed E-state index contributed by atoms with van der Waals surface area (Å²) in [6.45, 7) is 2.02. The minimum absolute atomic E-state index is 0.506. The van der Waals surface area contributed by atoms with Crippen LogP contribution in [0.25, 0.3) is 11.1 Å². The molecule has 2 N–H and O–H groups in total. The van der Waals surface area contributed by atoms with Gasteiger partial charge in [-0.15, -0.1) is 0 Å². The molecule has 0 aliphatic carbocycles. The van der Waals surface area contributed by atoms with Crippen molar-refractivity contribution in [3.8, 4) is 17.2 Å². The maximum atomic E-state index is 8.92. The average Bonchev–Trinajstić information content (AvgIpc) is 2.39. The van der Waals surface area contributed by atoms with E-state index in [1.807, 2.05) is 37.3 Å². The van der Waals surface area contributed by atoms with Crippen molar-refractivity contribution in [2.75, 3.05) is 5.73 Å². The van der Waals surface area contributed by atoms with Crippen LogP contribution in [0.5, 0.6) is 0 Å². The van der Waals surface area contributed by atoms with Gasteiger partial charge in [-0.1, -0.05) is 19.1 Å². The number of hydrogen-bond donors (Lipinski definition) is 1. The van der Waals surface area contributed by atoms with Crippen LogP contribution in [-0.4, -0.2) is 4.98 Å². The fraction of sp³-hybridized carbons (Fsp3) is 0.143. The Labute approximate surface area is 101 Å². The number of nitrogens with two attached hydrogens (primary N) is 1. The average molecular weight is 223 g/mol. The van der Waals surface area contributed by atoms with E-state index in [2.05, 4.69) is 11.1 Å². The Balaban J connectivity index is 2.47. The van der Waals surface area contributed by atoms with E-state index in [4.69, 9.17) is 11.0 Å². The molecule has 3 heteroatoms. The predicted octanol–water partition coefficient (Wildman–Crippen LogP) is 2.76. The summed E-state index contributed by atoms with van der Waals surface area (Å²) < 4.78 is 0. The normalized spacial score (nSPS) is 9.88. The first-order valence-electron chi connectivity index (χ1n) is 5.49. The van der Waals surface area contributed by atoms with Gasteiger partial charge in [-0.05, 0) is 35.7 Å². The monoisotopic (exact) mass is 223 g/mol. The lowest BCUT2D eigenvalue weighted by Crippen LogP contribution is -1.93. The fourth-order valence-corrected chi connectivity index (χ4v) is 1.71. The highest BCUT2D eigenvalue weighted by atomic mass is 14.7. The second-order valence-electron chi connectivity index (χ2n) is 3.82. The van der Waals surface area contributed by atoms with Crippen LogP contribution in [0.1, 0.15) is 18.2 Å². The van der Waals surface area contributed by atoms with Crippen LogP contribution in [0.3, 0.4) is 0 Å². The minimum Gasteiger partial charge on any atom is -0.399 e. The van der Waals surface area contributed by atoms with Gasteiger partial charge >= 0.3 is 0 Å². The highest BCUT2D eigenvalue weighted by Gasteiger charge is 2.04. The predicted molar refractivity (Wildman–Crippen MR) is 68.2 cm³/mol. The van der Waals surface area contributed by atoms with Gasteiger partial charge in [0, 0.05) is 17.4 Å². The Hall–Kier alpha value is -2.34. The van der Waals surface area contributed by atoms with Gasteiger partial charge in [0.05, 0.1) is 0 Å². The molecule has 1 aromatic carbocycles. The molecule has 0 atom stereocenters. The molecule has 2 aromatic rings. The van der Waals surface area contributed by atoms with E-state index in [0.29, 0.717) is 5.69 Å². The molecule has 0 amide bonds. The number of nitrogens with zero attached hydrogens (tertiary/aromatic N) is 2. The maximum absolute atomic E-state index is 8.92. The van der Waals surface area contributed by atoms with Crippen LogP contribution in [0.15, 0.2) is 36.5 Å². The second-order valence-corrected chi connectivity index (χ2v) is 3.82. The van der Waals surface area contributed by atoms with Gasteiger partial charge in [-0.2, -0.15) is 5.26 Å². The maximum Gasteiger partial charge on any atom is 0.143 e. The number of pyridine rings is 1. The summed E-state index contributed by atoms with van der Waals surface area (Å²) in [6, 6.07) is 11.7. The van der Waals surface area contributed by atoms with Crippen molar-refractivity contribution >= 4 is 5.69 Å². The first-order valence-corrected chi connectivity index (χ1v) is 5.49. The Kier molecular flexibility index (Phi) is 3.06. The van der Waals surface area contributed by atoms with Gasteiger partial charge in [0.2, 0.25) is 0 Å². The molecule has 0 saturated heterocycles. The largest absolute Gasteiger partial charge is 0.399 e. The van der Waals surface area contributed by atoms with E-state index in [9.17, 15) is 0 Å². The first-order chi connectivity index (χ1) is 8.24. The standard InChI is InChI=1S/C14H13N3/c1-2-10-7-12(9-17-14(10)8-15)11-3-5-13(16)6-4-11/h3-7,9H,2,16H2,1H3. The lowest BCUT2D eigenvalue weighted by Gasteiger charge is -2.05. The molecular weight excluding hydrogens is 210 g/mol. The van der Waals surface area contributed by atoms with Crippen LogP contribution in [0, 0.1) is 11.3 Å². The summed E-state index contributed by atoms with van der Waals surface area (Å²) in [6.07, 6.45) is 2.53. The zero-order chi connectivity index (χ0) is 12.3. The lowest BCUT2D eigenvalue weighted by molar-refractivity contribution is 1.08. The van der Waals surface area contributed by atoms with Crippen molar-refractivity contribution in [3.05, 3.63) is 47.8 Å². The van der Waals surface area contributed by atoms with Gasteiger partial charge in [0.15, 0.2) is 0 Å². The highest BCUT2D eigenvalue weighted by Crippen LogP contribution is 2.22. The van der Waals surface area contributed by atoms with Gasteiger partial charge in [-0.3, -0.25) is 0 Å². The minimum atomic E-state index is 0.506. The van der Waals surface area contributed by atoms with Gasteiger partial charge in [0.25, 0.3) is 0 Å². The second kappa shape index (κ2) is 4.67. The SMILES string of the molecule is CCc1cc(-c2ccc(N)cc2)cnc1C#N. The van der Waals surface area contributed by atoms with E-state index in [1.165, 1.54) is 0 Å².